The van der Waals surface area contributed by atoms with Crippen molar-refractivity contribution in [1.82, 2.24) is 40.7 Å². The highest BCUT2D eigenvalue weighted by atomic mass is 15.2. The average Bonchev–Trinajstić information content (AvgIpc) is 3.49. The summed E-state index contributed by atoms with van der Waals surface area (Å²) in [6, 6.07) is 6.04. The van der Waals surface area contributed by atoms with E-state index >= 15 is 0 Å². The second kappa shape index (κ2) is 8.95. The van der Waals surface area contributed by atoms with Gasteiger partial charge in [0, 0.05) is 35.9 Å². The van der Waals surface area contributed by atoms with E-state index in [0.29, 0.717) is 11.5 Å². The lowest BCUT2D eigenvalue weighted by Crippen LogP contribution is -2.17. The van der Waals surface area contributed by atoms with Crippen molar-refractivity contribution in [2.45, 2.75) is 20.8 Å². The van der Waals surface area contributed by atoms with Crippen molar-refractivity contribution >= 4 is 45.1 Å². The van der Waals surface area contributed by atoms with Crippen LogP contribution in [-0.2, 0) is 0 Å². The summed E-state index contributed by atoms with van der Waals surface area (Å²) in [6.07, 6.45) is 7.27. The largest absolute Gasteiger partial charge is 0.313 e. The van der Waals surface area contributed by atoms with Gasteiger partial charge in [0.05, 0.1) is 17.1 Å². The number of hydrogen-bond donors (Lipinski definition) is 3. The Balaban J connectivity index is 1.61. The molecule has 4 heterocycles. The minimum absolute atomic E-state index is 0.586. The molecular formula is C25H25N9. The lowest BCUT2D eigenvalue weighted by atomic mass is 9.97. The third kappa shape index (κ3) is 3.75. The molecule has 0 spiro atoms. The van der Waals surface area contributed by atoms with Crippen molar-refractivity contribution in [2.75, 3.05) is 13.1 Å². The van der Waals surface area contributed by atoms with Gasteiger partial charge in [0.25, 0.3) is 0 Å². The Hall–Kier alpha value is -4.24. The molecule has 0 aliphatic rings. The van der Waals surface area contributed by atoms with Gasteiger partial charge in [-0.15, -0.1) is 0 Å². The summed E-state index contributed by atoms with van der Waals surface area (Å²) in [5, 5.41) is 20.6. The van der Waals surface area contributed by atoms with Crippen LogP contribution in [0.4, 0.5) is 0 Å². The molecule has 0 radical (unpaired) electrons. The Morgan fingerprint density at radius 1 is 1.18 bits per heavy atom. The predicted octanol–water partition coefficient (Wildman–Crippen LogP) is 4.43. The molecule has 0 saturated carbocycles. The molecule has 0 atom stereocenters. The van der Waals surface area contributed by atoms with E-state index in [9.17, 15) is 0 Å². The third-order valence-corrected chi connectivity index (χ3v) is 6.08. The van der Waals surface area contributed by atoms with Crippen LogP contribution in [0.2, 0.25) is 0 Å². The summed E-state index contributed by atoms with van der Waals surface area (Å²) in [5.41, 5.74) is 7.33. The summed E-state index contributed by atoms with van der Waals surface area (Å²) in [5.74, 6) is 0.586. The maximum atomic E-state index is 4.82. The van der Waals surface area contributed by atoms with E-state index in [1.54, 1.807) is 12.4 Å². The molecule has 0 bridgehead atoms. The minimum Gasteiger partial charge on any atom is -0.313 e. The number of nitrogens with zero attached hydrogens (tertiary/aromatic N) is 6. The highest BCUT2D eigenvalue weighted by molar-refractivity contribution is 6.05. The molecule has 34 heavy (non-hydrogen) atoms. The maximum absolute atomic E-state index is 4.82. The Bertz CT molecular complexity index is 1590. The van der Waals surface area contributed by atoms with Gasteiger partial charge in [-0.3, -0.25) is 15.2 Å². The normalized spacial score (nSPS) is 13.1. The van der Waals surface area contributed by atoms with Gasteiger partial charge in [0.15, 0.2) is 11.5 Å². The first kappa shape index (κ1) is 21.6. The van der Waals surface area contributed by atoms with Gasteiger partial charge in [-0.25, -0.2) is 15.0 Å². The van der Waals surface area contributed by atoms with Gasteiger partial charge in [-0.05, 0) is 61.5 Å². The standard InChI is InChI=1S/C25H25N9/c1-5-27-10-18(9-26-4)15(3)14(2)17-8-19-23(33-34-24(19)28-11-17)25-31-21-7-6-16-12-29-30-13-20(16)22(21)32-25/h6-9,11-13,27,30H,4-5,10H2,1-3H3,(H,28,33,34)/b15-14+,18-9-. The molecule has 1 aromatic carbocycles. The van der Waals surface area contributed by atoms with E-state index in [1.807, 2.05) is 24.5 Å². The van der Waals surface area contributed by atoms with Gasteiger partial charge in [0.2, 0.25) is 0 Å². The lowest BCUT2D eigenvalue weighted by Gasteiger charge is -2.12. The fraction of sp³-hybridized carbons (Fsp3) is 0.200. The summed E-state index contributed by atoms with van der Waals surface area (Å²) in [4.78, 5) is 18.2. The smallest absolute Gasteiger partial charge is 0.181 e. The molecule has 9 nitrogen and oxygen atoms in total. The van der Waals surface area contributed by atoms with Gasteiger partial charge in [-0.1, -0.05) is 13.0 Å². The molecule has 4 aromatic heterocycles. The first-order chi connectivity index (χ1) is 16.6. The van der Waals surface area contributed by atoms with Crippen LogP contribution >= 0.6 is 0 Å². The number of fused-ring (bicyclic) bond motifs is 4. The molecule has 0 saturated heterocycles. The third-order valence-electron chi connectivity index (χ3n) is 6.08. The van der Waals surface area contributed by atoms with Crippen LogP contribution in [0.5, 0.6) is 0 Å². The van der Waals surface area contributed by atoms with Crippen molar-refractivity contribution in [2.24, 2.45) is 4.99 Å². The topological polar surface area (TPSA) is 120 Å². The highest BCUT2D eigenvalue weighted by Gasteiger charge is 2.17. The Labute approximate surface area is 196 Å². The van der Waals surface area contributed by atoms with Crippen LogP contribution in [0, 0.1) is 0 Å². The number of imidazole rings is 1. The lowest BCUT2D eigenvalue weighted by molar-refractivity contribution is 0.778. The van der Waals surface area contributed by atoms with E-state index in [1.165, 1.54) is 0 Å². The number of aromatic amines is 2. The fourth-order valence-electron chi connectivity index (χ4n) is 4.03. The molecular weight excluding hydrogens is 426 g/mol. The van der Waals surface area contributed by atoms with Gasteiger partial charge < -0.3 is 5.32 Å². The Morgan fingerprint density at radius 2 is 2.06 bits per heavy atom. The Morgan fingerprint density at radius 3 is 2.88 bits per heavy atom. The molecule has 0 fully saturated rings. The second-order valence-electron chi connectivity index (χ2n) is 8.08. The zero-order valence-electron chi connectivity index (χ0n) is 19.3. The summed E-state index contributed by atoms with van der Waals surface area (Å²) in [6.45, 7) is 11.5. The zero-order valence-corrected chi connectivity index (χ0v) is 19.3. The minimum atomic E-state index is 0.586. The van der Waals surface area contributed by atoms with Crippen molar-refractivity contribution in [3.8, 4) is 11.5 Å². The molecule has 170 valence electrons. The monoisotopic (exact) mass is 451 g/mol. The highest BCUT2D eigenvalue weighted by Crippen LogP contribution is 2.31. The number of H-pyrrole nitrogens is 2. The molecule has 0 aliphatic carbocycles. The van der Waals surface area contributed by atoms with Crippen LogP contribution in [0.25, 0.3) is 49.9 Å². The number of rotatable bonds is 7. The van der Waals surface area contributed by atoms with E-state index in [-0.39, 0.29) is 0 Å². The van der Waals surface area contributed by atoms with Crippen LogP contribution in [0.15, 0.2) is 59.1 Å². The van der Waals surface area contributed by atoms with Crippen LogP contribution < -0.4 is 5.32 Å². The summed E-state index contributed by atoms with van der Waals surface area (Å²) >= 11 is 0. The van der Waals surface area contributed by atoms with Crippen molar-refractivity contribution in [1.29, 1.82) is 0 Å². The first-order valence-corrected chi connectivity index (χ1v) is 11.1. The molecule has 0 amide bonds. The van der Waals surface area contributed by atoms with Crippen LogP contribution in [-0.4, -0.2) is 55.2 Å². The summed E-state index contributed by atoms with van der Waals surface area (Å²) in [7, 11) is 0. The second-order valence-corrected chi connectivity index (χ2v) is 8.08. The molecule has 0 unspecified atom stereocenters. The zero-order chi connectivity index (χ0) is 23.7. The summed E-state index contributed by atoms with van der Waals surface area (Å²) < 4.78 is 0. The van der Waals surface area contributed by atoms with Crippen molar-refractivity contribution < 1.29 is 0 Å². The number of allylic oxidation sites excluding steroid dienone is 1. The Kier molecular flexibility index (Phi) is 5.69. The number of likely N-dealkylation sites (N-methyl/N-ethyl adjacent to an activating group) is 1. The van der Waals surface area contributed by atoms with Gasteiger partial charge >= 0.3 is 0 Å². The molecule has 5 aromatic rings. The SMILES string of the molecule is C=N/C=C(CNCC)\C(C)=C(/C)c1cnc2n[nH]c(-c3nc4ccc5cn[nH]cc5c4n3)c2c1. The molecule has 9 heteroatoms. The van der Waals surface area contributed by atoms with Crippen molar-refractivity contribution in [3.63, 3.8) is 0 Å². The van der Waals surface area contributed by atoms with Crippen molar-refractivity contribution in [3.05, 3.63) is 59.7 Å². The molecule has 3 N–H and O–H groups in total. The molecule has 0 aliphatic heterocycles. The number of nitrogens with one attached hydrogen (secondary N) is 3. The quantitative estimate of drug-likeness (QED) is 0.249. The number of aliphatic imine (C=N–C) groups is 1. The van der Waals surface area contributed by atoms with E-state index in [2.05, 4.69) is 69.2 Å². The number of benzene rings is 1. The van der Waals surface area contributed by atoms with Gasteiger partial charge in [0.1, 0.15) is 11.2 Å². The van der Waals surface area contributed by atoms with E-state index < -0.39 is 0 Å². The van der Waals surface area contributed by atoms with E-state index in [4.69, 9.17) is 9.97 Å². The predicted molar refractivity (Wildman–Crippen MR) is 137 cm³/mol. The average molecular weight is 452 g/mol. The number of hydrogen-bond acceptors (Lipinski definition) is 7. The maximum Gasteiger partial charge on any atom is 0.181 e. The van der Waals surface area contributed by atoms with Crippen LogP contribution in [0.1, 0.15) is 26.3 Å². The van der Waals surface area contributed by atoms with Crippen LogP contribution in [0.3, 0.4) is 0 Å². The number of aromatic nitrogens is 7. The van der Waals surface area contributed by atoms with Gasteiger partial charge in [-0.2, -0.15) is 10.2 Å². The number of pyridine rings is 1. The molecule has 5 rings (SSSR count). The first-order valence-electron chi connectivity index (χ1n) is 11.1. The van der Waals surface area contributed by atoms with E-state index in [0.717, 1.165) is 68.3 Å². The fourth-order valence-corrected chi connectivity index (χ4v) is 4.03.